The van der Waals surface area contributed by atoms with Gasteiger partial charge in [0.2, 0.25) is 0 Å². The van der Waals surface area contributed by atoms with Gasteiger partial charge in [0.1, 0.15) is 0 Å². The van der Waals surface area contributed by atoms with Crippen LogP contribution in [-0.2, 0) is 6.54 Å². The van der Waals surface area contributed by atoms with Crippen molar-refractivity contribution < 1.29 is 9.47 Å². The van der Waals surface area contributed by atoms with Gasteiger partial charge in [-0.3, -0.25) is 0 Å². The summed E-state index contributed by atoms with van der Waals surface area (Å²) in [5.74, 6) is 1.24. The van der Waals surface area contributed by atoms with Crippen molar-refractivity contribution in [2.24, 2.45) is 0 Å². The predicted octanol–water partition coefficient (Wildman–Crippen LogP) is 2.79. The fourth-order valence-corrected chi connectivity index (χ4v) is 2.13. The summed E-state index contributed by atoms with van der Waals surface area (Å²) in [6.07, 6.45) is 0. The molecule has 0 aliphatic rings. The van der Waals surface area contributed by atoms with Crippen LogP contribution >= 0.6 is 11.6 Å². The zero-order valence-corrected chi connectivity index (χ0v) is 13.8. The molecule has 5 heteroatoms. The summed E-state index contributed by atoms with van der Waals surface area (Å²) in [5.41, 5.74) is 1.08. The van der Waals surface area contributed by atoms with Crippen LogP contribution < -0.4 is 14.8 Å². The summed E-state index contributed by atoms with van der Waals surface area (Å²) in [5, 5.41) is 3.98. The predicted molar refractivity (Wildman–Crippen MR) is 84.0 cm³/mol. The van der Waals surface area contributed by atoms with Gasteiger partial charge < -0.3 is 19.7 Å². The van der Waals surface area contributed by atoms with E-state index >= 15 is 0 Å². The van der Waals surface area contributed by atoms with E-state index in [0.717, 1.165) is 25.2 Å². The van der Waals surface area contributed by atoms with Crippen molar-refractivity contribution in [1.29, 1.82) is 0 Å². The number of hydrogen-bond donors (Lipinski definition) is 1. The number of rotatable bonds is 8. The van der Waals surface area contributed by atoms with E-state index in [9.17, 15) is 0 Å². The molecule has 1 rings (SSSR count). The van der Waals surface area contributed by atoms with Gasteiger partial charge in [-0.05, 0) is 38.6 Å². The summed E-state index contributed by atoms with van der Waals surface area (Å²) < 4.78 is 10.5. The van der Waals surface area contributed by atoms with Crippen LogP contribution in [0.5, 0.6) is 11.5 Å². The van der Waals surface area contributed by atoms with Gasteiger partial charge in [0.15, 0.2) is 11.5 Å². The highest BCUT2D eigenvalue weighted by Gasteiger charge is 2.10. The minimum atomic E-state index is 0.562. The molecule has 0 amide bonds. The van der Waals surface area contributed by atoms with E-state index in [0.29, 0.717) is 22.6 Å². The van der Waals surface area contributed by atoms with E-state index in [2.05, 4.69) is 31.1 Å². The quantitative estimate of drug-likeness (QED) is 0.749. The van der Waals surface area contributed by atoms with Crippen LogP contribution in [0.3, 0.4) is 0 Å². The Morgan fingerprint density at radius 1 is 1.25 bits per heavy atom. The van der Waals surface area contributed by atoms with Gasteiger partial charge in [0.25, 0.3) is 0 Å². The van der Waals surface area contributed by atoms with E-state index in [1.165, 1.54) is 0 Å². The second kappa shape index (κ2) is 8.35. The van der Waals surface area contributed by atoms with Crippen LogP contribution in [0.25, 0.3) is 0 Å². The molecule has 0 saturated carbocycles. The molecule has 0 aromatic heterocycles. The van der Waals surface area contributed by atoms with Crippen molar-refractivity contribution in [2.75, 3.05) is 34.4 Å². The van der Waals surface area contributed by atoms with Crippen LogP contribution in [0.1, 0.15) is 19.4 Å². The first-order valence-electron chi connectivity index (χ1n) is 6.81. The number of ether oxygens (including phenoxy) is 2. The van der Waals surface area contributed by atoms with Crippen LogP contribution in [-0.4, -0.2) is 45.3 Å². The van der Waals surface area contributed by atoms with Gasteiger partial charge >= 0.3 is 0 Å². The second-order valence-electron chi connectivity index (χ2n) is 5.06. The lowest BCUT2D eigenvalue weighted by molar-refractivity contribution is 0.273. The van der Waals surface area contributed by atoms with Crippen molar-refractivity contribution in [3.05, 3.63) is 22.7 Å². The van der Waals surface area contributed by atoms with E-state index < -0.39 is 0 Å². The molecule has 20 heavy (non-hydrogen) atoms. The van der Waals surface area contributed by atoms with Gasteiger partial charge in [0.05, 0.1) is 19.2 Å². The monoisotopic (exact) mass is 300 g/mol. The van der Waals surface area contributed by atoms with E-state index in [1.807, 2.05) is 12.1 Å². The first-order valence-corrected chi connectivity index (χ1v) is 7.18. The third kappa shape index (κ3) is 4.85. The Balaban J connectivity index is 2.54. The molecule has 0 spiro atoms. The Kier molecular flexibility index (Phi) is 7.13. The Bertz CT molecular complexity index is 425. The minimum absolute atomic E-state index is 0.562. The maximum atomic E-state index is 6.18. The first kappa shape index (κ1) is 17.1. The van der Waals surface area contributed by atoms with E-state index in [1.54, 1.807) is 14.2 Å². The molecule has 114 valence electrons. The molecule has 0 heterocycles. The molecule has 0 aliphatic carbocycles. The van der Waals surface area contributed by atoms with Gasteiger partial charge in [-0.1, -0.05) is 11.6 Å². The molecule has 1 aromatic carbocycles. The van der Waals surface area contributed by atoms with Gasteiger partial charge in [-0.15, -0.1) is 0 Å². The van der Waals surface area contributed by atoms with Crippen LogP contribution in [0.4, 0.5) is 0 Å². The van der Waals surface area contributed by atoms with Gasteiger partial charge in [-0.2, -0.15) is 0 Å². The van der Waals surface area contributed by atoms with Crippen molar-refractivity contribution >= 4 is 11.6 Å². The van der Waals surface area contributed by atoms with Crippen molar-refractivity contribution in [2.45, 2.75) is 26.4 Å². The number of nitrogens with zero attached hydrogens (tertiary/aromatic N) is 1. The lowest BCUT2D eigenvalue weighted by Gasteiger charge is -2.21. The Morgan fingerprint density at radius 3 is 2.50 bits per heavy atom. The fourth-order valence-electron chi connectivity index (χ4n) is 1.82. The number of halogens is 1. The molecule has 0 aliphatic heterocycles. The Hall–Kier alpha value is -0.970. The molecule has 0 atom stereocenters. The highest BCUT2D eigenvalue weighted by molar-refractivity contribution is 6.32. The third-order valence-corrected chi connectivity index (χ3v) is 3.63. The normalized spacial score (nSPS) is 11.2. The lowest BCUT2D eigenvalue weighted by atomic mass is 10.2. The summed E-state index contributed by atoms with van der Waals surface area (Å²) in [6.45, 7) is 7.08. The standard InChI is InChI=1S/C15H25ClN2O2/c1-11(2)18(3)7-6-17-10-12-8-13(16)15(20-5)14(9-12)19-4/h8-9,11,17H,6-7,10H2,1-5H3. The Labute approximate surface area is 127 Å². The topological polar surface area (TPSA) is 33.7 Å². The number of nitrogens with one attached hydrogen (secondary N) is 1. The fraction of sp³-hybridized carbons (Fsp3) is 0.600. The summed E-state index contributed by atoms with van der Waals surface area (Å²) in [7, 11) is 5.33. The largest absolute Gasteiger partial charge is 0.493 e. The van der Waals surface area contributed by atoms with Crippen LogP contribution in [0.2, 0.25) is 5.02 Å². The molecule has 0 fully saturated rings. The molecule has 1 N–H and O–H groups in total. The lowest BCUT2D eigenvalue weighted by Crippen LogP contribution is -2.33. The highest BCUT2D eigenvalue weighted by atomic mass is 35.5. The molecule has 0 radical (unpaired) electrons. The van der Waals surface area contributed by atoms with Crippen LogP contribution in [0, 0.1) is 0 Å². The molecule has 4 nitrogen and oxygen atoms in total. The van der Waals surface area contributed by atoms with Crippen molar-refractivity contribution in [1.82, 2.24) is 10.2 Å². The SMILES string of the molecule is COc1cc(CNCCN(C)C(C)C)cc(Cl)c1OC. The van der Waals surface area contributed by atoms with E-state index in [4.69, 9.17) is 21.1 Å². The summed E-state index contributed by atoms with van der Waals surface area (Å²) in [4.78, 5) is 2.30. The van der Waals surface area contributed by atoms with Crippen molar-refractivity contribution in [3.63, 3.8) is 0 Å². The zero-order valence-electron chi connectivity index (χ0n) is 13.0. The molecular weight excluding hydrogens is 276 g/mol. The molecule has 1 aromatic rings. The molecule has 0 saturated heterocycles. The van der Waals surface area contributed by atoms with E-state index in [-0.39, 0.29) is 0 Å². The number of benzene rings is 1. The minimum Gasteiger partial charge on any atom is -0.493 e. The zero-order chi connectivity index (χ0) is 15.1. The van der Waals surface area contributed by atoms with Gasteiger partial charge in [0, 0.05) is 25.7 Å². The Morgan fingerprint density at radius 2 is 1.95 bits per heavy atom. The van der Waals surface area contributed by atoms with Crippen LogP contribution in [0.15, 0.2) is 12.1 Å². The molecule has 0 bridgehead atoms. The highest BCUT2D eigenvalue weighted by Crippen LogP contribution is 2.35. The number of likely N-dealkylation sites (N-methyl/N-ethyl adjacent to an activating group) is 1. The second-order valence-corrected chi connectivity index (χ2v) is 5.47. The first-order chi connectivity index (χ1) is 9.49. The van der Waals surface area contributed by atoms with Crippen molar-refractivity contribution in [3.8, 4) is 11.5 Å². The smallest absolute Gasteiger partial charge is 0.179 e. The maximum Gasteiger partial charge on any atom is 0.179 e. The summed E-state index contributed by atoms with van der Waals surface area (Å²) in [6, 6.07) is 4.42. The number of hydrogen-bond acceptors (Lipinski definition) is 4. The summed E-state index contributed by atoms with van der Waals surface area (Å²) >= 11 is 6.18. The van der Waals surface area contributed by atoms with Gasteiger partial charge in [-0.25, -0.2) is 0 Å². The average molecular weight is 301 g/mol. The molecule has 0 unspecified atom stereocenters. The number of methoxy groups -OCH3 is 2. The molecular formula is C15H25ClN2O2. The average Bonchev–Trinajstić information content (AvgIpc) is 2.42. The maximum absolute atomic E-state index is 6.18. The third-order valence-electron chi connectivity index (χ3n) is 3.35.